The Hall–Kier alpha value is -1.51. The second-order valence-electron chi connectivity index (χ2n) is 7.63. The van der Waals surface area contributed by atoms with Crippen molar-refractivity contribution < 1.29 is 14.1 Å². The fourth-order valence-corrected chi connectivity index (χ4v) is 3.50. The second kappa shape index (κ2) is 8.92. The van der Waals surface area contributed by atoms with Gasteiger partial charge in [0.05, 0.1) is 25.8 Å². The molecule has 2 aliphatic rings. The largest absolute Gasteiger partial charge is 0.378 e. The van der Waals surface area contributed by atoms with Crippen LogP contribution in [0.25, 0.3) is 0 Å². The number of nitrogens with zero attached hydrogens (tertiary/aromatic N) is 5. The molecule has 3 rings (SSSR count). The van der Waals surface area contributed by atoms with Crippen LogP contribution in [0.15, 0.2) is 4.52 Å². The molecule has 1 aromatic rings. The molecule has 146 valence electrons. The summed E-state index contributed by atoms with van der Waals surface area (Å²) >= 11 is 0. The first kappa shape index (κ1) is 19.3. The van der Waals surface area contributed by atoms with Gasteiger partial charge in [-0.3, -0.25) is 14.6 Å². The smallest absolute Gasteiger partial charge is 0.239 e. The molecule has 0 saturated carbocycles. The Kier molecular flexibility index (Phi) is 6.61. The molecule has 2 aliphatic heterocycles. The van der Waals surface area contributed by atoms with Crippen LogP contribution in [0.2, 0.25) is 0 Å². The van der Waals surface area contributed by atoms with Gasteiger partial charge in [0, 0.05) is 45.7 Å². The van der Waals surface area contributed by atoms with Gasteiger partial charge < -0.3 is 14.2 Å². The molecule has 0 aromatic carbocycles. The summed E-state index contributed by atoms with van der Waals surface area (Å²) in [4.78, 5) is 23.7. The topological polar surface area (TPSA) is 74.9 Å². The number of carbonyl (C=O) groups excluding carboxylic acids is 1. The molecule has 0 bridgehead atoms. The van der Waals surface area contributed by atoms with E-state index in [1.165, 1.54) is 0 Å². The van der Waals surface area contributed by atoms with Crippen molar-refractivity contribution in [3.05, 3.63) is 11.7 Å². The van der Waals surface area contributed by atoms with Gasteiger partial charge in [0.15, 0.2) is 5.82 Å². The van der Waals surface area contributed by atoms with Crippen LogP contribution < -0.4 is 0 Å². The normalized spacial score (nSPS) is 21.3. The number of morpholine rings is 1. The van der Waals surface area contributed by atoms with Crippen molar-refractivity contribution >= 4 is 5.91 Å². The standard InChI is InChI=1S/C18H31N5O3/c1-14(2)12-17-19-16(20-26-17)13-21-4-6-22(7-5-21)15(3)18(24)23-8-10-25-11-9-23/h14-15H,4-13H2,1-3H3. The number of aromatic nitrogens is 2. The zero-order chi connectivity index (χ0) is 18.5. The molecule has 0 aliphatic carbocycles. The lowest BCUT2D eigenvalue weighted by molar-refractivity contribution is -0.141. The minimum Gasteiger partial charge on any atom is -0.378 e. The lowest BCUT2D eigenvalue weighted by Gasteiger charge is -2.39. The molecule has 0 spiro atoms. The van der Waals surface area contributed by atoms with E-state index in [0.29, 0.717) is 38.8 Å². The molecule has 1 atom stereocenters. The summed E-state index contributed by atoms with van der Waals surface area (Å²) in [6.45, 7) is 13.3. The zero-order valence-electron chi connectivity index (χ0n) is 16.2. The second-order valence-corrected chi connectivity index (χ2v) is 7.63. The fourth-order valence-electron chi connectivity index (χ4n) is 3.50. The summed E-state index contributed by atoms with van der Waals surface area (Å²) in [5.41, 5.74) is 0. The summed E-state index contributed by atoms with van der Waals surface area (Å²) in [6.07, 6.45) is 0.821. The quantitative estimate of drug-likeness (QED) is 0.732. The molecule has 8 heteroatoms. The van der Waals surface area contributed by atoms with E-state index in [9.17, 15) is 4.79 Å². The van der Waals surface area contributed by atoms with E-state index in [0.717, 1.165) is 44.3 Å². The molecule has 1 amide bonds. The van der Waals surface area contributed by atoms with Crippen molar-refractivity contribution in [1.29, 1.82) is 0 Å². The number of piperazine rings is 1. The average molecular weight is 365 g/mol. The van der Waals surface area contributed by atoms with Gasteiger partial charge in [0.25, 0.3) is 0 Å². The minimum atomic E-state index is -0.0712. The third-order valence-electron chi connectivity index (χ3n) is 5.09. The van der Waals surface area contributed by atoms with Gasteiger partial charge in [-0.2, -0.15) is 4.98 Å². The van der Waals surface area contributed by atoms with Crippen LogP contribution in [0.5, 0.6) is 0 Å². The van der Waals surface area contributed by atoms with Gasteiger partial charge in [-0.25, -0.2) is 0 Å². The van der Waals surface area contributed by atoms with E-state index < -0.39 is 0 Å². The SMILES string of the molecule is CC(C)Cc1nc(CN2CCN(C(C)C(=O)N3CCOCC3)CC2)no1. The van der Waals surface area contributed by atoms with Crippen LogP contribution in [0.4, 0.5) is 0 Å². The Bertz CT molecular complexity index is 577. The van der Waals surface area contributed by atoms with E-state index in [1.807, 2.05) is 11.8 Å². The van der Waals surface area contributed by atoms with Gasteiger partial charge in [0.1, 0.15) is 0 Å². The molecule has 2 saturated heterocycles. The Balaban J connectivity index is 1.44. The van der Waals surface area contributed by atoms with Crippen LogP contribution in [0, 0.1) is 5.92 Å². The van der Waals surface area contributed by atoms with Crippen LogP contribution in [-0.4, -0.2) is 89.3 Å². The van der Waals surface area contributed by atoms with E-state index in [-0.39, 0.29) is 11.9 Å². The molecule has 2 fully saturated rings. The third kappa shape index (κ3) is 5.02. The number of amides is 1. The maximum absolute atomic E-state index is 12.6. The molecule has 0 N–H and O–H groups in total. The summed E-state index contributed by atoms with van der Waals surface area (Å²) in [5, 5.41) is 4.09. The molecule has 26 heavy (non-hydrogen) atoms. The molecular weight excluding hydrogens is 334 g/mol. The first-order valence-electron chi connectivity index (χ1n) is 9.67. The fraction of sp³-hybridized carbons (Fsp3) is 0.833. The van der Waals surface area contributed by atoms with Crippen molar-refractivity contribution in [2.45, 2.75) is 39.8 Å². The van der Waals surface area contributed by atoms with Gasteiger partial charge >= 0.3 is 0 Å². The average Bonchev–Trinajstić information content (AvgIpc) is 3.08. The highest BCUT2D eigenvalue weighted by molar-refractivity contribution is 5.81. The zero-order valence-corrected chi connectivity index (χ0v) is 16.2. The van der Waals surface area contributed by atoms with Gasteiger partial charge in [0.2, 0.25) is 11.8 Å². The monoisotopic (exact) mass is 365 g/mol. The molecule has 8 nitrogen and oxygen atoms in total. The predicted octanol–water partition coefficient (Wildman–Crippen LogP) is 0.633. The third-order valence-corrected chi connectivity index (χ3v) is 5.09. The summed E-state index contributed by atoms with van der Waals surface area (Å²) in [5.74, 6) is 2.21. The first-order valence-corrected chi connectivity index (χ1v) is 9.67. The molecule has 0 radical (unpaired) electrons. The highest BCUT2D eigenvalue weighted by Gasteiger charge is 2.29. The van der Waals surface area contributed by atoms with Crippen LogP contribution in [-0.2, 0) is 22.5 Å². The van der Waals surface area contributed by atoms with Crippen LogP contribution in [0.1, 0.15) is 32.5 Å². The van der Waals surface area contributed by atoms with Crippen molar-refractivity contribution in [1.82, 2.24) is 24.8 Å². The number of carbonyl (C=O) groups is 1. The summed E-state index contributed by atoms with van der Waals surface area (Å²) in [6, 6.07) is -0.0712. The Labute approximate surface area is 155 Å². The van der Waals surface area contributed by atoms with Crippen molar-refractivity contribution in [3.8, 4) is 0 Å². The van der Waals surface area contributed by atoms with Gasteiger partial charge in [-0.05, 0) is 12.8 Å². The Morgan fingerprint density at radius 1 is 1.08 bits per heavy atom. The van der Waals surface area contributed by atoms with Gasteiger partial charge in [-0.1, -0.05) is 19.0 Å². The van der Waals surface area contributed by atoms with Gasteiger partial charge in [-0.15, -0.1) is 0 Å². The lowest BCUT2D eigenvalue weighted by Crippen LogP contribution is -2.55. The number of ether oxygens (including phenoxy) is 1. The van der Waals surface area contributed by atoms with E-state index >= 15 is 0 Å². The highest BCUT2D eigenvalue weighted by Crippen LogP contribution is 2.13. The maximum Gasteiger partial charge on any atom is 0.239 e. The molecule has 3 heterocycles. The maximum atomic E-state index is 12.6. The number of hydrogen-bond acceptors (Lipinski definition) is 7. The number of hydrogen-bond donors (Lipinski definition) is 0. The van der Waals surface area contributed by atoms with Crippen molar-refractivity contribution in [2.24, 2.45) is 5.92 Å². The lowest BCUT2D eigenvalue weighted by atomic mass is 10.1. The van der Waals surface area contributed by atoms with Crippen molar-refractivity contribution in [3.63, 3.8) is 0 Å². The van der Waals surface area contributed by atoms with Crippen LogP contribution >= 0.6 is 0 Å². The molecule has 1 aromatic heterocycles. The molecular formula is C18H31N5O3. The van der Waals surface area contributed by atoms with E-state index in [4.69, 9.17) is 9.26 Å². The summed E-state index contributed by atoms with van der Waals surface area (Å²) < 4.78 is 10.7. The van der Waals surface area contributed by atoms with E-state index in [2.05, 4.69) is 33.8 Å². The summed E-state index contributed by atoms with van der Waals surface area (Å²) in [7, 11) is 0. The van der Waals surface area contributed by atoms with Crippen LogP contribution in [0.3, 0.4) is 0 Å². The Morgan fingerprint density at radius 3 is 2.42 bits per heavy atom. The van der Waals surface area contributed by atoms with Crippen molar-refractivity contribution in [2.75, 3.05) is 52.5 Å². The highest BCUT2D eigenvalue weighted by atomic mass is 16.5. The first-order chi connectivity index (χ1) is 12.5. The van der Waals surface area contributed by atoms with E-state index in [1.54, 1.807) is 0 Å². The molecule has 1 unspecified atom stereocenters. The predicted molar refractivity (Wildman–Crippen MR) is 96.6 cm³/mol. The Morgan fingerprint density at radius 2 is 1.77 bits per heavy atom. The number of rotatable bonds is 6. The minimum absolute atomic E-state index is 0.0712.